The van der Waals surface area contributed by atoms with Crippen LogP contribution in [0.15, 0.2) is 52.1 Å². The number of aliphatic hydroxyl groups excluding tert-OH is 1. The Labute approximate surface area is 160 Å². The van der Waals surface area contributed by atoms with Crippen molar-refractivity contribution in [3.63, 3.8) is 0 Å². The lowest BCUT2D eigenvalue weighted by Gasteiger charge is -2.16. The Hall–Kier alpha value is -2.31. The summed E-state index contributed by atoms with van der Waals surface area (Å²) in [5, 5.41) is 17.1. The van der Waals surface area contributed by atoms with E-state index in [1.807, 2.05) is 43.3 Å². The molecule has 146 valence electrons. The number of guanidine groups is 1. The number of nitrogens with zero attached hydrogens (tertiary/aromatic N) is 1. The second-order valence-electron chi connectivity index (χ2n) is 6.89. The summed E-state index contributed by atoms with van der Waals surface area (Å²) in [6.45, 7) is 4.56. The molecule has 0 amide bonds. The van der Waals surface area contributed by atoms with Gasteiger partial charge in [0, 0.05) is 26.1 Å². The van der Waals surface area contributed by atoms with Crippen molar-refractivity contribution in [1.29, 1.82) is 0 Å². The fraction of sp³-hybridized carbons (Fsp3) is 0.476. The molecule has 1 fully saturated rings. The average molecular weight is 371 g/mol. The van der Waals surface area contributed by atoms with Crippen LogP contribution >= 0.6 is 0 Å². The molecule has 1 aromatic carbocycles. The highest BCUT2D eigenvalue weighted by molar-refractivity contribution is 5.79. The molecular weight excluding hydrogens is 342 g/mol. The Morgan fingerprint density at radius 1 is 1.30 bits per heavy atom. The van der Waals surface area contributed by atoms with Crippen molar-refractivity contribution < 1.29 is 14.3 Å². The molecule has 2 heterocycles. The van der Waals surface area contributed by atoms with Crippen molar-refractivity contribution in [1.82, 2.24) is 10.6 Å². The van der Waals surface area contributed by atoms with Crippen LogP contribution in [-0.4, -0.2) is 43.4 Å². The van der Waals surface area contributed by atoms with E-state index < -0.39 is 6.10 Å². The number of hydrogen-bond acceptors (Lipinski definition) is 4. The molecular formula is C21H29N3O3. The molecule has 0 bridgehead atoms. The van der Waals surface area contributed by atoms with Crippen molar-refractivity contribution in [3.8, 4) is 0 Å². The lowest BCUT2D eigenvalue weighted by molar-refractivity contribution is 0.113. The number of benzene rings is 1. The molecule has 1 aliphatic heterocycles. The van der Waals surface area contributed by atoms with Crippen molar-refractivity contribution in [2.75, 3.05) is 26.2 Å². The Balaban J connectivity index is 1.55. The Morgan fingerprint density at radius 2 is 2.22 bits per heavy atom. The Bertz CT molecular complexity index is 709. The minimum atomic E-state index is -0.628. The van der Waals surface area contributed by atoms with Gasteiger partial charge in [-0.2, -0.15) is 0 Å². The largest absolute Gasteiger partial charge is 0.469 e. The third-order valence-corrected chi connectivity index (χ3v) is 4.61. The van der Waals surface area contributed by atoms with Crippen LogP contribution in [0.2, 0.25) is 0 Å². The second kappa shape index (κ2) is 10.1. The number of furan rings is 1. The van der Waals surface area contributed by atoms with Crippen molar-refractivity contribution in [2.24, 2.45) is 4.99 Å². The van der Waals surface area contributed by atoms with Gasteiger partial charge in [-0.25, -0.2) is 0 Å². The third kappa shape index (κ3) is 6.41. The van der Waals surface area contributed by atoms with E-state index in [1.165, 1.54) is 0 Å². The Kier molecular flexibility index (Phi) is 7.30. The molecule has 2 unspecified atom stereocenters. The van der Waals surface area contributed by atoms with Crippen molar-refractivity contribution in [3.05, 3.63) is 59.5 Å². The molecule has 1 aromatic heterocycles. The first-order valence-electron chi connectivity index (χ1n) is 9.61. The summed E-state index contributed by atoms with van der Waals surface area (Å²) >= 11 is 0. The molecule has 2 aromatic rings. The van der Waals surface area contributed by atoms with E-state index in [0.717, 1.165) is 42.8 Å². The zero-order chi connectivity index (χ0) is 18.9. The van der Waals surface area contributed by atoms with Crippen molar-refractivity contribution in [2.45, 2.75) is 38.4 Å². The third-order valence-electron chi connectivity index (χ3n) is 4.61. The summed E-state index contributed by atoms with van der Waals surface area (Å²) < 4.78 is 11.0. The first kappa shape index (κ1) is 19.5. The van der Waals surface area contributed by atoms with E-state index in [1.54, 1.807) is 6.26 Å². The smallest absolute Gasteiger partial charge is 0.191 e. The first-order chi connectivity index (χ1) is 13.2. The van der Waals surface area contributed by atoms with Gasteiger partial charge in [-0.15, -0.1) is 0 Å². The minimum absolute atomic E-state index is 0.226. The van der Waals surface area contributed by atoms with Gasteiger partial charge in [-0.05, 0) is 37.5 Å². The standard InChI is InChI=1S/C21H29N3O3/c1-16-5-2-6-17(13-16)20(25)15-24-21(23-14-19-8-4-12-27-19)22-10-9-18-7-3-11-26-18/h2-3,5-7,11,13,19-20,25H,4,8-10,12,14-15H2,1H3,(H2,22,23,24). The van der Waals surface area contributed by atoms with Crippen LogP contribution in [0.1, 0.15) is 35.8 Å². The molecule has 0 aliphatic carbocycles. The van der Waals surface area contributed by atoms with Crippen LogP contribution in [0.4, 0.5) is 0 Å². The molecule has 2 atom stereocenters. The van der Waals surface area contributed by atoms with E-state index in [0.29, 0.717) is 25.6 Å². The molecule has 0 saturated carbocycles. The quantitative estimate of drug-likeness (QED) is 0.491. The van der Waals surface area contributed by atoms with Gasteiger partial charge in [0.05, 0.1) is 25.0 Å². The zero-order valence-corrected chi connectivity index (χ0v) is 15.9. The van der Waals surface area contributed by atoms with Gasteiger partial charge in [-0.1, -0.05) is 29.8 Å². The summed E-state index contributed by atoms with van der Waals surface area (Å²) in [6, 6.07) is 11.7. The highest BCUT2D eigenvalue weighted by Crippen LogP contribution is 2.14. The molecule has 3 rings (SSSR count). The minimum Gasteiger partial charge on any atom is -0.469 e. The fourth-order valence-corrected chi connectivity index (χ4v) is 3.11. The normalized spacial score (nSPS) is 18.4. The molecule has 0 radical (unpaired) electrons. The summed E-state index contributed by atoms with van der Waals surface area (Å²) in [7, 11) is 0. The predicted molar refractivity (Wildman–Crippen MR) is 106 cm³/mol. The predicted octanol–water partition coefficient (Wildman–Crippen LogP) is 2.58. The van der Waals surface area contributed by atoms with Crippen LogP contribution in [0.25, 0.3) is 0 Å². The number of rotatable bonds is 8. The van der Waals surface area contributed by atoms with Crippen molar-refractivity contribution >= 4 is 5.96 Å². The van der Waals surface area contributed by atoms with Crippen LogP contribution in [-0.2, 0) is 11.2 Å². The molecule has 1 saturated heterocycles. The van der Waals surface area contributed by atoms with E-state index in [4.69, 9.17) is 9.15 Å². The molecule has 6 nitrogen and oxygen atoms in total. The first-order valence-corrected chi connectivity index (χ1v) is 9.61. The second-order valence-corrected chi connectivity index (χ2v) is 6.89. The number of aliphatic hydroxyl groups is 1. The van der Waals surface area contributed by atoms with Gasteiger partial charge in [0.2, 0.25) is 0 Å². The van der Waals surface area contributed by atoms with Crippen LogP contribution in [0.3, 0.4) is 0 Å². The number of ether oxygens (including phenoxy) is 1. The van der Waals surface area contributed by atoms with Crippen LogP contribution < -0.4 is 10.6 Å². The average Bonchev–Trinajstić information content (AvgIpc) is 3.37. The molecule has 27 heavy (non-hydrogen) atoms. The molecule has 3 N–H and O–H groups in total. The molecule has 6 heteroatoms. The van der Waals surface area contributed by atoms with E-state index in [9.17, 15) is 5.11 Å². The number of aryl methyl sites for hydroxylation is 1. The maximum atomic E-state index is 10.4. The van der Waals surface area contributed by atoms with Gasteiger partial charge in [0.1, 0.15) is 5.76 Å². The fourth-order valence-electron chi connectivity index (χ4n) is 3.11. The number of nitrogens with one attached hydrogen (secondary N) is 2. The van der Waals surface area contributed by atoms with Crippen LogP contribution in [0.5, 0.6) is 0 Å². The maximum Gasteiger partial charge on any atom is 0.191 e. The monoisotopic (exact) mass is 371 g/mol. The van der Waals surface area contributed by atoms with Gasteiger partial charge < -0.3 is 24.9 Å². The number of hydrogen-bond donors (Lipinski definition) is 3. The highest BCUT2D eigenvalue weighted by Gasteiger charge is 2.16. The van der Waals surface area contributed by atoms with E-state index in [-0.39, 0.29) is 6.10 Å². The Morgan fingerprint density at radius 3 is 2.96 bits per heavy atom. The lowest BCUT2D eigenvalue weighted by Crippen LogP contribution is -2.42. The van der Waals surface area contributed by atoms with E-state index in [2.05, 4.69) is 15.6 Å². The van der Waals surface area contributed by atoms with Gasteiger partial charge in [0.25, 0.3) is 0 Å². The zero-order valence-electron chi connectivity index (χ0n) is 15.9. The maximum absolute atomic E-state index is 10.4. The van der Waals surface area contributed by atoms with Crippen LogP contribution in [0, 0.1) is 6.92 Å². The van der Waals surface area contributed by atoms with E-state index >= 15 is 0 Å². The lowest BCUT2D eigenvalue weighted by atomic mass is 10.1. The summed E-state index contributed by atoms with van der Waals surface area (Å²) in [5.74, 6) is 1.62. The van der Waals surface area contributed by atoms with Gasteiger partial charge in [-0.3, -0.25) is 4.99 Å². The molecule has 0 spiro atoms. The summed E-state index contributed by atoms with van der Waals surface area (Å²) in [5.41, 5.74) is 2.01. The van der Waals surface area contributed by atoms with Gasteiger partial charge in [0.15, 0.2) is 5.96 Å². The SMILES string of the molecule is Cc1cccc(C(O)CN=C(NCCc2ccco2)NCC2CCCO2)c1. The summed E-state index contributed by atoms with van der Waals surface area (Å²) in [4.78, 5) is 4.57. The number of aliphatic imine (C=N–C) groups is 1. The summed E-state index contributed by atoms with van der Waals surface area (Å²) in [6.07, 6.45) is 4.22. The van der Waals surface area contributed by atoms with Gasteiger partial charge >= 0.3 is 0 Å². The topological polar surface area (TPSA) is 79.0 Å². The highest BCUT2D eigenvalue weighted by atomic mass is 16.5. The molecule has 1 aliphatic rings.